The van der Waals surface area contributed by atoms with Crippen LogP contribution in [-0.4, -0.2) is 34.5 Å². The number of carbonyl (C=O) groups is 1. The van der Waals surface area contributed by atoms with Gasteiger partial charge in [0.05, 0.1) is 4.90 Å². The van der Waals surface area contributed by atoms with Crippen LogP contribution >= 0.6 is 15.9 Å². The van der Waals surface area contributed by atoms with E-state index < -0.39 is 10.0 Å². The third-order valence-electron chi connectivity index (χ3n) is 3.32. The SMILES string of the molecule is NS(=O)(=O)c1ccc(NC(=O)Cn2nnc(-c3ccccc3Br)n2)cc1. The third-order valence-corrected chi connectivity index (χ3v) is 4.94. The number of hydrogen-bond donors (Lipinski definition) is 2. The molecule has 0 unspecified atom stereocenters. The van der Waals surface area contributed by atoms with Crippen LogP contribution in [0, 0.1) is 0 Å². The van der Waals surface area contributed by atoms with Crippen molar-refractivity contribution in [2.75, 3.05) is 5.32 Å². The zero-order valence-electron chi connectivity index (χ0n) is 13.2. The van der Waals surface area contributed by atoms with Gasteiger partial charge >= 0.3 is 0 Å². The summed E-state index contributed by atoms with van der Waals surface area (Å²) in [7, 11) is -3.77. The lowest BCUT2D eigenvalue weighted by Gasteiger charge is -2.05. The minimum Gasteiger partial charge on any atom is -0.324 e. The number of nitrogens with one attached hydrogen (secondary N) is 1. The molecular weight excluding hydrogens is 424 g/mol. The molecule has 0 atom stereocenters. The number of benzene rings is 2. The summed E-state index contributed by atoms with van der Waals surface area (Å²) in [5, 5.41) is 19.6. The van der Waals surface area contributed by atoms with Crippen LogP contribution in [0.4, 0.5) is 5.69 Å². The number of rotatable bonds is 5. The molecule has 1 heterocycles. The van der Waals surface area contributed by atoms with E-state index in [9.17, 15) is 13.2 Å². The van der Waals surface area contributed by atoms with Gasteiger partial charge in [0.1, 0.15) is 6.54 Å². The number of aromatic nitrogens is 4. The summed E-state index contributed by atoms with van der Waals surface area (Å²) < 4.78 is 23.2. The molecule has 0 saturated heterocycles. The van der Waals surface area contributed by atoms with E-state index in [0.29, 0.717) is 11.5 Å². The summed E-state index contributed by atoms with van der Waals surface area (Å²) in [4.78, 5) is 13.2. The average Bonchev–Trinajstić information content (AvgIpc) is 3.03. The monoisotopic (exact) mass is 436 g/mol. The molecule has 1 amide bonds. The van der Waals surface area contributed by atoms with Crippen LogP contribution in [0.25, 0.3) is 11.4 Å². The van der Waals surface area contributed by atoms with Gasteiger partial charge in [0.2, 0.25) is 21.8 Å². The van der Waals surface area contributed by atoms with Gasteiger partial charge in [0.25, 0.3) is 0 Å². The Hall–Kier alpha value is -2.63. The van der Waals surface area contributed by atoms with Crippen LogP contribution in [0.5, 0.6) is 0 Å². The number of sulfonamides is 1. The Morgan fingerprint density at radius 3 is 2.50 bits per heavy atom. The molecule has 0 bridgehead atoms. The zero-order chi connectivity index (χ0) is 18.7. The molecule has 3 rings (SSSR count). The van der Waals surface area contributed by atoms with Crippen LogP contribution in [0.2, 0.25) is 0 Å². The molecule has 11 heteroatoms. The molecule has 0 aliphatic rings. The Morgan fingerprint density at radius 2 is 1.85 bits per heavy atom. The number of anilines is 1. The predicted molar refractivity (Wildman–Crippen MR) is 97.4 cm³/mol. The standard InChI is InChI=1S/C15H13BrN6O3S/c16-13-4-2-1-3-12(13)15-19-21-22(20-15)9-14(23)18-10-5-7-11(8-6-10)26(17,24)25/h1-8H,9H2,(H,18,23)(H2,17,24,25). The molecule has 1 aromatic heterocycles. The molecular formula is C15H13BrN6O3S. The van der Waals surface area contributed by atoms with Crippen LogP contribution < -0.4 is 10.5 Å². The van der Waals surface area contributed by atoms with Crippen LogP contribution in [0.15, 0.2) is 57.9 Å². The molecule has 0 saturated carbocycles. The van der Waals surface area contributed by atoms with Gasteiger partial charge < -0.3 is 5.32 Å². The number of amides is 1. The minimum atomic E-state index is -3.77. The zero-order valence-corrected chi connectivity index (χ0v) is 15.6. The second-order valence-electron chi connectivity index (χ2n) is 5.24. The lowest BCUT2D eigenvalue weighted by Crippen LogP contribution is -2.20. The fourth-order valence-electron chi connectivity index (χ4n) is 2.12. The number of halogens is 1. The van der Waals surface area contributed by atoms with Crippen molar-refractivity contribution >= 4 is 37.5 Å². The normalized spacial score (nSPS) is 11.3. The number of nitrogens with zero attached hydrogens (tertiary/aromatic N) is 4. The van der Waals surface area contributed by atoms with Gasteiger partial charge in [0.15, 0.2) is 0 Å². The Kier molecular flexibility index (Phi) is 5.11. The second kappa shape index (κ2) is 7.32. The maximum Gasteiger partial charge on any atom is 0.248 e. The Bertz CT molecular complexity index is 1050. The molecule has 2 aromatic carbocycles. The number of primary sulfonamides is 1. The molecule has 3 N–H and O–H groups in total. The second-order valence-corrected chi connectivity index (χ2v) is 7.66. The van der Waals surface area contributed by atoms with Crippen LogP contribution in [0.3, 0.4) is 0 Å². The van der Waals surface area contributed by atoms with Crippen molar-refractivity contribution in [3.8, 4) is 11.4 Å². The van der Waals surface area contributed by atoms with E-state index in [0.717, 1.165) is 10.0 Å². The first-order chi connectivity index (χ1) is 12.3. The van der Waals surface area contributed by atoms with Crippen molar-refractivity contribution in [3.63, 3.8) is 0 Å². The van der Waals surface area contributed by atoms with Crippen LogP contribution in [0.1, 0.15) is 0 Å². The van der Waals surface area contributed by atoms with E-state index in [2.05, 4.69) is 36.7 Å². The maximum absolute atomic E-state index is 12.1. The highest BCUT2D eigenvalue weighted by Crippen LogP contribution is 2.24. The first-order valence-electron chi connectivity index (χ1n) is 7.28. The lowest BCUT2D eigenvalue weighted by molar-refractivity contribution is -0.117. The van der Waals surface area contributed by atoms with Gasteiger partial charge in [-0.05, 0) is 41.6 Å². The van der Waals surface area contributed by atoms with Crippen molar-refractivity contribution in [2.24, 2.45) is 5.14 Å². The van der Waals surface area contributed by atoms with Crippen molar-refractivity contribution in [3.05, 3.63) is 53.0 Å². The number of hydrogen-bond acceptors (Lipinski definition) is 6. The molecule has 0 aliphatic heterocycles. The third kappa shape index (κ3) is 4.31. The van der Waals surface area contributed by atoms with Gasteiger partial charge in [0, 0.05) is 15.7 Å². The van der Waals surface area contributed by atoms with E-state index in [1.54, 1.807) is 0 Å². The Labute approximate surface area is 157 Å². The summed E-state index contributed by atoms with van der Waals surface area (Å²) in [6.45, 7) is -0.144. The lowest BCUT2D eigenvalue weighted by atomic mass is 10.2. The number of tetrazole rings is 1. The predicted octanol–water partition coefficient (Wildman–Crippen LogP) is 1.39. The van der Waals surface area contributed by atoms with Gasteiger partial charge in [-0.1, -0.05) is 28.1 Å². The molecule has 3 aromatic rings. The molecule has 0 radical (unpaired) electrons. The molecule has 26 heavy (non-hydrogen) atoms. The first-order valence-corrected chi connectivity index (χ1v) is 9.62. The Morgan fingerprint density at radius 1 is 1.15 bits per heavy atom. The summed E-state index contributed by atoms with van der Waals surface area (Å²) in [5.41, 5.74) is 1.19. The average molecular weight is 437 g/mol. The molecule has 0 fully saturated rings. The highest BCUT2D eigenvalue weighted by atomic mass is 79.9. The van der Waals surface area contributed by atoms with Gasteiger partial charge in [-0.3, -0.25) is 4.79 Å². The molecule has 0 spiro atoms. The molecule has 134 valence electrons. The minimum absolute atomic E-state index is 0.0356. The molecule has 0 aliphatic carbocycles. The Balaban J connectivity index is 1.67. The van der Waals surface area contributed by atoms with E-state index in [1.807, 2.05) is 24.3 Å². The van der Waals surface area contributed by atoms with Crippen LogP contribution in [-0.2, 0) is 21.4 Å². The quantitative estimate of drug-likeness (QED) is 0.620. The van der Waals surface area contributed by atoms with E-state index in [-0.39, 0.29) is 17.3 Å². The molecule has 9 nitrogen and oxygen atoms in total. The van der Waals surface area contributed by atoms with E-state index in [1.165, 1.54) is 29.1 Å². The maximum atomic E-state index is 12.1. The van der Waals surface area contributed by atoms with E-state index in [4.69, 9.17) is 5.14 Å². The summed E-state index contributed by atoms with van der Waals surface area (Å²) in [6, 6.07) is 12.9. The summed E-state index contributed by atoms with van der Waals surface area (Å²) in [5.74, 6) is 0.00668. The van der Waals surface area contributed by atoms with Crippen molar-refractivity contribution in [1.82, 2.24) is 20.2 Å². The van der Waals surface area contributed by atoms with Gasteiger partial charge in [-0.15, -0.1) is 10.2 Å². The number of carbonyl (C=O) groups excluding carboxylic acids is 1. The highest BCUT2D eigenvalue weighted by Gasteiger charge is 2.12. The van der Waals surface area contributed by atoms with Gasteiger partial charge in [-0.25, -0.2) is 13.6 Å². The topological polar surface area (TPSA) is 133 Å². The fourth-order valence-corrected chi connectivity index (χ4v) is 3.10. The van der Waals surface area contributed by atoms with Gasteiger partial charge in [-0.2, -0.15) is 4.80 Å². The highest BCUT2D eigenvalue weighted by molar-refractivity contribution is 9.10. The van der Waals surface area contributed by atoms with Crippen molar-refractivity contribution < 1.29 is 13.2 Å². The van der Waals surface area contributed by atoms with Crippen molar-refractivity contribution in [2.45, 2.75) is 11.4 Å². The van der Waals surface area contributed by atoms with E-state index >= 15 is 0 Å². The fraction of sp³-hybridized carbons (Fsp3) is 0.0667. The smallest absolute Gasteiger partial charge is 0.248 e. The largest absolute Gasteiger partial charge is 0.324 e. The summed E-state index contributed by atoms with van der Waals surface area (Å²) >= 11 is 3.41. The summed E-state index contributed by atoms with van der Waals surface area (Å²) in [6.07, 6.45) is 0. The first kappa shape index (κ1) is 18.2. The van der Waals surface area contributed by atoms with Crippen molar-refractivity contribution in [1.29, 1.82) is 0 Å². The number of nitrogens with two attached hydrogens (primary N) is 1.